The van der Waals surface area contributed by atoms with Gasteiger partial charge in [-0.05, 0) is 0 Å². The fourth-order valence-corrected chi connectivity index (χ4v) is 1.13. The topological polar surface area (TPSA) is 71.1 Å². The molecule has 0 fully saturated rings. The van der Waals surface area contributed by atoms with Crippen LogP contribution >= 0.6 is 11.3 Å². The second-order valence-corrected chi connectivity index (χ2v) is 2.42. The first-order chi connectivity index (χ1) is 5.36. The summed E-state index contributed by atoms with van der Waals surface area (Å²) in [5, 5.41) is 6.79. The van der Waals surface area contributed by atoms with Crippen molar-refractivity contribution in [1.29, 1.82) is 0 Å². The molecule has 58 valence electrons. The number of carbonyl (C=O) groups excluding carboxylic acids is 2. The van der Waals surface area contributed by atoms with Crippen LogP contribution in [0.2, 0.25) is 0 Å². The molecule has 2 amide bonds. The summed E-state index contributed by atoms with van der Waals surface area (Å²) in [5.41, 5.74) is 0. The number of aromatic nitrogens is 1. The van der Waals surface area contributed by atoms with Crippen molar-refractivity contribution in [3.05, 3.63) is 5.38 Å². The van der Waals surface area contributed by atoms with Crippen molar-refractivity contribution < 1.29 is 9.59 Å². The van der Waals surface area contributed by atoms with Crippen molar-refractivity contribution in [2.75, 3.05) is 10.6 Å². The Morgan fingerprint density at radius 3 is 2.73 bits per heavy atom. The van der Waals surface area contributed by atoms with Gasteiger partial charge >= 0.3 is 0 Å². The van der Waals surface area contributed by atoms with Crippen LogP contribution in [0, 0.1) is 0 Å². The molecule has 0 aliphatic rings. The highest BCUT2D eigenvalue weighted by molar-refractivity contribution is 7.14. The van der Waals surface area contributed by atoms with Gasteiger partial charge in [0.1, 0.15) is 5.82 Å². The van der Waals surface area contributed by atoms with E-state index in [2.05, 4.69) is 15.6 Å². The molecule has 0 radical (unpaired) electrons. The molecule has 0 saturated heterocycles. The van der Waals surface area contributed by atoms with Crippen LogP contribution in [0.1, 0.15) is 0 Å². The number of hydrogen-bond acceptors (Lipinski definition) is 4. The van der Waals surface area contributed by atoms with Gasteiger partial charge in [0.25, 0.3) is 0 Å². The van der Waals surface area contributed by atoms with Gasteiger partial charge in [-0.25, -0.2) is 4.98 Å². The van der Waals surface area contributed by atoms with Crippen molar-refractivity contribution in [2.24, 2.45) is 0 Å². The molecule has 0 unspecified atom stereocenters. The molecule has 0 aromatic carbocycles. The molecule has 1 aromatic heterocycles. The minimum Gasteiger partial charge on any atom is -0.313 e. The maximum absolute atomic E-state index is 9.91. The molecule has 0 aliphatic carbocycles. The van der Waals surface area contributed by atoms with Crippen LogP contribution < -0.4 is 10.6 Å². The molecule has 1 aromatic rings. The van der Waals surface area contributed by atoms with E-state index in [0.29, 0.717) is 23.8 Å². The summed E-state index contributed by atoms with van der Waals surface area (Å²) in [6, 6.07) is 0. The van der Waals surface area contributed by atoms with Crippen LogP contribution in [-0.4, -0.2) is 17.8 Å². The number of carbonyl (C=O) groups is 2. The van der Waals surface area contributed by atoms with Gasteiger partial charge in [-0.3, -0.25) is 9.59 Å². The van der Waals surface area contributed by atoms with Crippen LogP contribution in [0.15, 0.2) is 5.38 Å². The number of amides is 2. The van der Waals surface area contributed by atoms with Crippen LogP contribution in [0.25, 0.3) is 0 Å². The normalized spacial score (nSPS) is 8.73. The number of rotatable bonds is 4. The molecule has 0 aliphatic heterocycles. The summed E-state index contributed by atoms with van der Waals surface area (Å²) in [6.45, 7) is 0. The average molecular weight is 171 g/mol. The predicted octanol–water partition coefficient (Wildman–Crippen LogP) is 0.280. The van der Waals surface area contributed by atoms with E-state index in [0.717, 1.165) is 0 Å². The molecule has 1 rings (SSSR count). The van der Waals surface area contributed by atoms with Crippen molar-refractivity contribution in [2.45, 2.75) is 0 Å². The lowest BCUT2D eigenvalue weighted by molar-refractivity contribution is -0.106. The Bertz CT molecular complexity index is 235. The molecule has 0 atom stereocenters. The largest absolute Gasteiger partial charge is 0.313 e. The minimum absolute atomic E-state index is 0.439. The van der Waals surface area contributed by atoms with E-state index in [1.165, 1.54) is 11.3 Å². The molecule has 6 heteroatoms. The summed E-state index contributed by atoms with van der Waals surface area (Å²) >= 11 is 1.24. The smallest absolute Gasteiger partial charge is 0.213 e. The average Bonchev–Trinajstić information content (AvgIpc) is 2.38. The third-order valence-corrected chi connectivity index (χ3v) is 1.67. The zero-order chi connectivity index (χ0) is 8.10. The molecular weight excluding hydrogens is 166 g/mol. The van der Waals surface area contributed by atoms with Crippen LogP contribution in [-0.2, 0) is 9.59 Å². The van der Waals surface area contributed by atoms with Crippen molar-refractivity contribution in [3.63, 3.8) is 0 Å². The highest BCUT2D eigenvalue weighted by Crippen LogP contribution is 2.17. The van der Waals surface area contributed by atoms with Gasteiger partial charge in [0.15, 0.2) is 5.13 Å². The van der Waals surface area contributed by atoms with Crippen LogP contribution in [0.5, 0.6) is 0 Å². The van der Waals surface area contributed by atoms with Gasteiger partial charge in [0.2, 0.25) is 12.8 Å². The Balaban J connectivity index is 2.64. The third kappa shape index (κ3) is 2.01. The molecule has 11 heavy (non-hydrogen) atoms. The number of nitrogens with zero attached hydrogens (tertiary/aromatic N) is 1. The zero-order valence-corrected chi connectivity index (χ0v) is 6.22. The van der Waals surface area contributed by atoms with E-state index in [4.69, 9.17) is 0 Å². The maximum atomic E-state index is 9.91. The Morgan fingerprint density at radius 2 is 2.09 bits per heavy atom. The standard InChI is InChI=1S/C5H5N3O2S/c9-2-6-4-1-11-5(8-4)7-3-10/h1-3H,(H,6,9)(H,7,8,10). The van der Waals surface area contributed by atoms with E-state index in [-0.39, 0.29) is 0 Å². The summed E-state index contributed by atoms with van der Waals surface area (Å²) in [5.74, 6) is 0.439. The lowest BCUT2D eigenvalue weighted by Crippen LogP contribution is -1.95. The first-order valence-corrected chi connectivity index (χ1v) is 3.60. The number of thiazole rings is 1. The fraction of sp³-hybridized carbons (Fsp3) is 0. The third-order valence-electron chi connectivity index (χ3n) is 0.893. The second-order valence-electron chi connectivity index (χ2n) is 1.56. The van der Waals surface area contributed by atoms with Crippen LogP contribution in [0.3, 0.4) is 0 Å². The Hall–Kier alpha value is -1.43. The van der Waals surface area contributed by atoms with Crippen molar-refractivity contribution in [3.8, 4) is 0 Å². The fourth-order valence-electron chi connectivity index (χ4n) is 0.517. The summed E-state index contributed by atoms with van der Waals surface area (Å²) < 4.78 is 0. The highest BCUT2D eigenvalue weighted by atomic mass is 32.1. The van der Waals surface area contributed by atoms with Crippen molar-refractivity contribution in [1.82, 2.24) is 4.98 Å². The monoisotopic (exact) mass is 171 g/mol. The Labute approximate surface area is 66.4 Å². The van der Waals surface area contributed by atoms with E-state index < -0.39 is 0 Å². The van der Waals surface area contributed by atoms with Crippen LogP contribution in [0.4, 0.5) is 10.9 Å². The Kier molecular flexibility index (Phi) is 2.56. The zero-order valence-electron chi connectivity index (χ0n) is 5.40. The molecule has 2 N–H and O–H groups in total. The predicted molar refractivity (Wildman–Crippen MR) is 41.5 cm³/mol. The summed E-state index contributed by atoms with van der Waals surface area (Å²) in [6.07, 6.45) is 1.06. The number of hydrogen-bond donors (Lipinski definition) is 2. The lowest BCUT2D eigenvalue weighted by Gasteiger charge is -1.87. The SMILES string of the molecule is O=CNc1csc(NC=O)n1. The minimum atomic E-state index is 0.439. The lowest BCUT2D eigenvalue weighted by atomic mass is 10.8. The molecule has 5 nitrogen and oxygen atoms in total. The van der Waals surface area contributed by atoms with E-state index in [9.17, 15) is 9.59 Å². The van der Waals surface area contributed by atoms with E-state index in [1.54, 1.807) is 5.38 Å². The highest BCUT2D eigenvalue weighted by Gasteiger charge is 1.97. The first-order valence-electron chi connectivity index (χ1n) is 2.72. The molecule has 0 spiro atoms. The molecule has 1 heterocycles. The van der Waals surface area contributed by atoms with Gasteiger partial charge in [-0.2, -0.15) is 0 Å². The van der Waals surface area contributed by atoms with Gasteiger partial charge in [-0.1, -0.05) is 0 Å². The van der Waals surface area contributed by atoms with E-state index in [1.807, 2.05) is 0 Å². The van der Waals surface area contributed by atoms with Gasteiger partial charge < -0.3 is 10.6 Å². The van der Waals surface area contributed by atoms with Gasteiger partial charge in [-0.15, -0.1) is 11.3 Å². The summed E-state index contributed by atoms with van der Waals surface area (Å²) in [4.78, 5) is 23.6. The second kappa shape index (κ2) is 3.67. The first kappa shape index (κ1) is 7.67. The Morgan fingerprint density at radius 1 is 1.36 bits per heavy atom. The van der Waals surface area contributed by atoms with Gasteiger partial charge in [0.05, 0.1) is 0 Å². The number of nitrogens with one attached hydrogen (secondary N) is 2. The van der Waals surface area contributed by atoms with Crippen molar-refractivity contribution >= 4 is 35.1 Å². The van der Waals surface area contributed by atoms with Gasteiger partial charge in [0, 0.05) is 5.38 Å². The number of anilines is 2. The maximum Gasteiger partial charge on any atom is 0.213 e. The molecule has 0 bridgehead atoms. The van der Waals surface area contributed by atoms with E-state index >= 15 is 0 Å². The molecule has 0 saturated carbocycles. The summed E-state index contributed by atoms with van der Waals surface area (Å²) in [7, 11) is 0. The molecular formula is C5H5N3O2S. The quantitative estimate of drug-likeness (QED) is 0.639.